The normalized spacial score (nSPS) is 23.4. The molecule has 0 aromatic rings. The number of hydrogen-bond acceptors (Lipinski definition) is 7. The summed E-state index contributed by atoms with van der Waals surface area (Å²) in [5.41, 5.74) is 0.313. The van der Waals surface area contributed by atoms with Crippen LogP contribution >= 0.6 is 15.9 Å². The second-order valence-electron chi connectivity index (χ2n) is 5.49. The van der Waals surface area contributed by atoms with Gasteiger partial charge in [0.25, 0.3) is 0 Å². The lowest BCUT2D eigenvalue weighted by molar-refractivity contribution is -0.139. The summed E-state index contributed by atoms with van der Waals surface area (Å²) >= 11 is 3.37. The number of hydrogen-bond donors (Lipinski definition) is 0. The summed E-state index contributed by atoms with van der Waals surface area (Å²) < 4.78 is 20.9. The van der Waals surface area contributed by atoms with Gasteiger partial charge in [-0.15, -0.1) is 0 Å². The van der Waals surface area contributed by atoms with E-state index in [1.807, 2.05) is 11.0 Å². The van der Waals surface area contributed by atoms with E-state index in [-0.39, 0.29) is 23.5 Å². The Bertz CT molecular complexity index is 586. The number of methoxy groups -OCH3 is 2. The number of allylic oxidation sites excluding steroid dienone is 2. The van der Waals surface area contributed by atoms with Gasteiger partial charge in [-0.05, 0) is 6.08 Å². The Labute approximate surface area is 155 Å². The fraction of sp³-hybridized carbons (Fsp3) is 0.529. The number of rotatable bonds is 6. The van der Waals surface area contributed by atoms with Crippen LogP contribution in [0.15, 0.2) is 35.6 Å². The van der Waals surface area contributed by atoms with E-state index in [1.165, 1.54) is 14.2 Å². The van der Waals surface area contributed by atoms with Crippen molar-refractivity contribution in [3.05, 3.63) is 35.6 Å². The molecule has 1 fully saturated rings. The van der Waals surface area contributed by atoms with Crippen molar-refractivity contribution in [1.29, 1.82) is 0 Å². The van der Waals surface area contributed by atoms with Crippen molar-refractivity contribution in [3.63, 3.8) is 0 Å². The second kappa shape index (κ2) is 9.74. The molecule has 2 unspecified atom stereocenters. The first-order valence-corrected chi connectivity index (χ1v) is 9.04. The summed E-state index contributed by atoms with van der Waals surface area (Å²) in [5.74, 6) is -1.18. The van der Waals surface area contributed by atoms with Crippen LogP contribution in [-0.4, -0.2) is 68.5 Å². The zero-order chi connectivity index (χ0) is 18.2. The highest BCUT2D eigenvalue weighted by atomic mass is 79.9. The Morgan fingerprint density at radius 3 is 2.64 bits per heavy atom. The van der Waals surface area contributed by atoms with Crippen molar-refractivity contribution in [2.24, 2.45) is 0 Å². The predicted molar refractivity (Wildman–Crippen MR) is 93.9 cm³/mol. The molecule has 0 aromatic heterocycles. The molecular weight excluding hydrogens is 394 g/mol. The molecule has 25 heavy (non-hydrogen) atoms. The van der Waals surface area contributed by atoms with Gasteiger partial charge < -0.3 is 23.8 Å². The second-order valence-corrected chi connectivity index (χ2v) is 6.14. The highest BCUT2D eigenvalue weighted by molar-refractivity contribution is 9.09. The average molecular weight is 416 g/mol. The first-order chi connectivity index (χ1) is 12.1. The minimum atomic E-state index is -0.593. The van der Waals surface area contributed by atoms with Crippen molar-refractivity contribution < 1.29 is 28.5 Å². The molecule has 0 spiro atoms. The van der Waals surface area contributed by atoms with E-state index in [2.05, 4.69) is 15.9 Å². The zero-order valence-electron chi connectivity index (χ0n) is 14.3. The van der Waals surface area contributed by atoms with Crippen molar-refractivity contribution >= 4 is 27.9 Å². The Kier molecular flexibility index (Phi) is 7.67. The van der Waals surface area contributed by atoms with Crippen LogP contribution in [0, 0.1) is 0 Å². The van der Waals surface area contributed by atoms with Gasteiger partial charge in [-0.2, -0.15) is 0 Å². The molecule has 1 saturated heterocycles. The van der Waals surface area contributed by atoms with Gasteiger partial charge in [0, 0.05) is 31.0 Å². The van der Waals surface area contributed by atoms with Crippen molar-refractivity contribution in [2.45, 2.75) is 18.8 Å². The van der Waals surface area contributed by atoms with Crippen molar-refractivity contribution in [1.82, 2.24) is 4.90 Å². The molecule has 2 atom stereocenters. The first-order valence-electron chi connectivity index (χ1n) is 7.91. The van der Waals surface area contributed by atoms with Gasteiger partial charge in [0.1, 0.15) is 0 Å². The summed E-state index contributed by atoms with van der Waals surface area (Å²) in [4.78, 5) is 26.0. The molecule has 0 aromatic carbocycles. The van der Waals surface area contributed by atoms with E-state index in [0.717, 1.165) is 5.33 Å². The van der Waals surface area contributed by atoms with E-state index in [4.69, 9.17) is 18.9 Å². The fourth-order valence-corrected chi connectivity index (χ4v) is 2.82. The van der Waals surface area contributed by atoms with Gasteiger partial charge in [0.2, 0.25) is 0 Å². The number of halogens is 1. The van der Waals surface area contributed by atoms with Crippen LogP contribution in [0.25, 0.3) is 0 Å². The van der Waals surface area contributed by atoms with E-state index in [0.29, 0.717) is 26.1 Å². The number of carbonyl (C=O) groups is 2. The Balaban J connectivity index is 2.11. The third-order valence-electron chi connectivity index (χ3n) is 3.79. The molecule has 0 radical (unpaired) electrons. The average Bonchev–Trinajstić information content (AvgIpc) is 3.08. The lowest BCUT2D eigenvalue weighted by Crippen LogP contribution is -2.27. The van der Waals surface area contributed by atoms with Crippen LogP contribution in [-0.2, 0) is 28.5 Å². The Morgan fingerprint density at radius 1 is 1.28 bits per heavy atom. The highest BCUT2D eigenvalue weighted by Gasteiger charge is 2.26. The third kappa shape index (κ3) is 5.42. The van der Waals surface area contributed by atoms with Crippen LogP contribution in [0.5, 0.6) is 0 Å². The Morgan fingerprint density at radius 2 is 2.00 bits per heavy atom. The van der Waals surface area contributed by atoms with Gasteiger partial charge >= 0.3 is 11.9 Å². The number of alkyl halides is 1. The van der Waals surface area contributed by atoms with Gasteiger partial charge in [0.05, 0.1) is 38.1 Å². The van der Waals surface area contributed by atoms with Crippen LogP contribution in [0.1, 0.15) is 6.42 Å². The van der Waals surface area contributed by atoms with Crippen LogP contribution in [0.3, 0.4) is 0 Å². The molecular formula is C17H22BrNO6. The van der Waals surface area contributed by atoms with E-state index in [1.54, 1.807) is 18.4 Å². The maximum atomic E-state index is 12.1. The monoisotopic (exact) mass is 415 g/mol. The molecule has 0 N–H and O–H groups in total. The quantitative estimate of drug-likeness (QED) is 0.481. The van der Waals surface area contributed by atoms with Crippen molar-refractivity contribution in [2.75, 3.05) is 39.2 Å². The third-order valence-corrected chi connectivity index (χ3v) is 4.51. The SMILES string of the molecule is COC(=O)C1=CC=CCN(CCC2OCC(CBr)O2)C=C1C(=O)OC. The van der Waals surface area contributed by atoms with Crippen LogP contribution in [0.4, 0.5) is 0 Å². The molecule has 0 amide bonds. The van der Waals surface area contributed by atoms with Crippen molar-refractivity contribution in [3.8, 4) is 0 Å². The van der Waals surface area contributed by atoms with E-state index in [9.17, 15) is 9.59 Å². The van der Waals surface area contributed by atoms with Gasteiger partial charge in [-0.25, -0.2) is 9.59 Å². The van der Waals surface area contributed by atoms with E-state index >= 15 is 0 Å². The maximum absolute atomic E-state index is 12.1. The maximum Gasteiger partial charge on any atom is 0.340 e. The largest absolute Gasteiger partial charge is 0.465 e. The lowest BCUT2D eigenvalue weighted by atomic mass is 10.1. The summed E-state index contributed by atoms with van der Waals surface area (Å²) in [7, 11) is 2.55. The summed E-state index contributed by atoms with van der Waals surface area (Å²) in [6.07, 6.45) is 7.21. The first kappa shape index (κ1) is 19.7. The predicted octanol–water partition coefficient (Wildman–Crippen LogP) is 1.54. The zero-order valence-corrected chi connectivity index (χ0v) is 15.9. The molecule has 0 saturated carbocycles. The topological polar surface area (TPSA) is 74.3 Å². The molecule has 138 valence electrons. The molecule has 2 rings (SSSR count). The number of ether oxygens (including phenoxy) is 4. The minimum absolute atomic E-state index is 0.0623. The fourth-order valence-electron chi connectivity index (χ4n) is 2.48. The molecule has 2 aliphatic heterocycles. The molecule has 0 bridgehead atoms. The van der Waals surface area contributed by atoms with Gasteiger partial charge in [-0.1, -0.05) is 28.1 Å². The molecule has 7 nitrogen and oxygen atoms in total. The summed E-state index contributed by atoms with van der Waals surface area (Å²) in [5, 5.41) is 0.732. The highest BCUT2D eigenvalue weighted by Crippen LogP contribution is 2.20. The van der Waals surface area contributed by atoms with Crippen LogP contribution < -0.4 is 0 Å². The van der Waals surface area contributed by atoms with Gasteiger partial charge in [0.15, 0.2) is 6.29 Å². The Hall–Kier alpha value is -1.64. The lowest BCUT2D eigenvalue weighted by Gasteiger charge is -2.23. The number of nitrogens with zero attached hydrogens (tertiary/aromatic N) is 1. The number of carbonyl (C=O) groups excluding carboxylic acids is 2. The van der Waals surface area contributed by atoms with Gasteiger partial charge in [-0.3, -0.25) is 0 Å². The summed E-state index contributed by atoms with van der Waals surface area (Å²) in [6.45, 7) is 1.74. The molecule has 0 aliphatic carbocycles. The molecule has 2 heterocycles. The minimum Gasteiger partial charge on any atom is -0.465 e. The van der Waals surface area contributed by atoms with Crippen LogP contribution in [0.2, 0.25) is 0 Å². The number of esters is 2. The standard InChI is InChI=1S/C17H22BrNO6/c1-22-16(20)13-5-3-4-7-19(10-14(13)17(21)23-2)8-6-15-24-11-12(9-18)25-15/h3-5,10,12,15H,6-9,11H2,1-2H3. The molecule has 2 aliphatic rings. The molecule has 8 heteroatoms. The summed E-state index contributed by atoms with van der Waals surface area (Å²) in [6, 6.07) is 0. The smallest absolute Gasteiger partial charge is 0.340 e. The van der Waals surface area contributed by atoms with E-state index < -0.39 is 11.9 Å².